The minimum absolute atomic E-state index is 0.193. The summed E-state index contributed by atoms with van der Waals surface area (Å²) < 4.78 is 41.6. The van der Waals surface area contributed by atoms with Crippen LogP contribution in [0.25, 0.3) is 16.7 Å². The van der Waals surface area contributed by atoms with Crippen LogP contribution in [0.3, 0.4) is 0 Å². The van der Waals surface area contributed by atoms with Crippen LogP contribution in [-0.2, 0) is 12.6 Å². The molecule has 29 heavy (non-hydrogen) atoms. The van der Waals surface area contributed by atoms with Gasteiger partial charge < -0.3 is 4.90 Å². The van der Waals surface area contributed by atoms with E-state index >= 15 is 0 Å². The lowest BCUT2D eigenvalue weighted by Crippen LogP contribution is -2.21. The fraction of sp³-hybridized carbons (Fsp3) is 0.150. The van der Waals surface area contributed by atoms with Gasteiger partial charge in [-0.1, -0.05) is 24.3 Å². The highest BCUT2D eigenvalue weighted by molar-refractivity contribution is 5.78. The Balaban J connectivity index is 1.66. The van der Waals surface area contributed by atoms with Gasteiger partial charge in [0.15, 0.2) is 5.65 Å². The van der Waals surface area contributed by atoms with E-state index in [4.69, 9.17) is 0 Å². The first-order valence-corrected chi connectivity index (χ1v) is 8.93. The van der Waals surface area contributed by atoms with E-state index in [-0.39, 0.29) is 24.5 Å². The molecule has 4 aromatic rings. The second-order valence-corrected chi connectivity index (χ2v) is 6.72. The van der Waals surface area contributed by atoms with Gasteiger partial charge >= 0.3 is 6.18 Å². The number of nitrogens with zero attached hydrogens (tertiary/aromatic N) is 4. The summed E-state index contributed by atoms with van der Waals surface area (Å²) in [7, 11) is 0. The maximum absolute atomic E-state index is 13.3. The average Bonchev–Trinajstić information content (AvgIpc) is 3.32. The van der Waals surface area contributed by atoms with Crippen LogP contribution in [0.1, 0.15) is 11.1 Å². The monoisotopic (exact) mass is 397 g/mol. The summed E-state index contributed by atoms with van der Waals surface area (Å²) >= 11 is 0. The molecule has 0 spiro atoms. The fourth-order valence-corrected chi connectivity index (χ4v) is 3.71. The number of para-hydroxylation sites is 1. The Bertz CT molecular complexity index is 1280. The van der Waals surface area contributed by atoms with E-state index in [9.17, 15) is 18.0 Å². The number of hydrogen-bond acceptors (Lipinski definition) is 4. The molecule has 2 aromatic heterocycles. The molecule has 6 nitrogen and oxygen atoms in total. The maximum Gasteiger partial charge on any atom is 0.416 e. The Morgan fingerprint density at radius 3 is 2.59 bits per heavy atom. The number of rotatable bonds is 2. The third-order valence-corrected chi connectivity index (χ3v) is 5.01. The van der Waals surface area contributed by atoms with Gasteiger partial charge in [-0.25, -0.2) is 4.68 Å². The van der Waals surface area contributed by atoms with Crippen molar-refractivity contribution in [3.8, 4) is 5.69 Å². The van der Waals surface area contributed by atoms with Crippen LogP contribution in [0, 0.1) is 0 Å². The SMILES string of the molecule is O=c1[nH]c(N2CCc3c2cccc3C(F)(F)F)nc2c1cnn2-c1ccccc1. The maximum atomic E-state index is 13.3. The van der Waals surface area contributed by atoms with E-state index in [1.54, 1.807) is 11.0 Å². The van der Waals surface area contributed by atoms with Gasteiger partial charge in [0.25, 0.3) is 5.56 Å². The third kappa shape index (κ3) is 2.77. The lowest BCUT2D eigenvalue weighted by molar-refractivity contribution is -0.138. The first kappa shape index (κ1) is 17.5. The van der Waals surface area contributed by atoms with Crippen LogP contribution in [0.2, 0.25) is 0 Å². The van der Waals surface area contributed by atoms with Gasteiger partial charge in [-0.05, 0) is 36.2 Å². The number of benzene rings is 2. The van der Waals surface area contributed by atoms with Crippen molar-refractivity contribution < 1.29 is 13.2 Å². The van der Waals surface area contributed by atoms with Crippen molar-refractivity contribution in [1.82, 2.24) is 19.7 Å². The van der Waals surface area contributed by atoms with Gasteiger partial charge in [-0.15, -0.1) is 0 Å². The first-order valence-electron chi connectivity index (χ1n) is 8.93. The van der Waals surface area contributed by atoms with Crippen molar-refractivity contribution in [1.29, 1.82) is 0 Å². The van der Waals surface area contributed by atoms with E-state index in [1.165, 1.54) is 16.9 Å². The topological polar surface area (TPSA) is 66.8 Å². The molecule has 9 heteroatoms. The number of alkyl halides is 3. The highest BCUT2D eigenvalue weighted by Gasteiger charge is 2.37. The molecule has 0 saturated heterocycles. The van der Waals surface area contributed by atoms with Crippen LogP contribution < -0.4 is 10.5 Å². The Morgan fingerprint density at radius 2 is 1.83 bits per heavy atom. The molecule has 0 aliphatic carbocycles. The third-order valence-electron chi connectivity index (χ3n) is 5.01. The van der Waals surface area contributed by atoms with Gasteiger partial charge in [0.2, 0.25) is 5.95 Å². The zero-order valence-electron chi connectivity index (χ0n) is 14.9. The molecule has 0 amide bonds. The molecular formula is C20H14F3N5O. The van der Waals surface area contributed by atoms with Crippen molar-refractivity contribution in [3.63, 3.8) is 0 Å². The number of halogens is 3. The molecule has 1 aliphatic rings. The van der Waals surface area contributed by atoms with Gasteiger partial charge in [-0.3, -0.25) is 9.78 Å². The number of anilines is 2. The van der Waals surface area contributed by atoms with Gasteiger partial charge in [0.1, 0.15) is 5.39 Å². The molecule has 0 saturated carbocycles. The molecule has 3 heterocycles. The number of aromatic amines is 1. The molecule has 5 rings (SSSR count). The largest absolute Gasteiger partial charge is 0.416 e. The van der Waals surface area contributed by atoms with Gasteiger partial charge in [0, 0.05) is 12.2 Å². The molecule has 0 bridgehead atoms. The minimum atomic E-state index is -4.43. The van der Waals surface area contributed by atoms with Gasteiger partial charge in [-0.2, -0.15) is 23.3 Å². The number of fused-ring (bicyclic) bond motifs is 2. The second-order valence-electron chi connectivity index (χ2n) is 6.72. The molecule has 1 N–H and O–H groups in total. The minimum Gasteiger partial charge on any atom is -0.311 e. The van der Waals surface area contributed by atoms with Crippen LogP contribution in [0.15, 0.2) is 59.5 Å². The standard InChI is InChI=1S/C20H14F3N5O/c21-20(22,23)15-7-4-8-16-13(15)9-10-27(16)19-25-17-14(18(29)26-19)11-24-28(17)12-5-2-1-3-6-12/h1-8,11H,9-10H2,(H,25,26,29). The molecule has 0 radical (unpaired) electrons. The van der Waals surface area contributed by atoms with Crippen molar-refractivity contribution >= 4 is 22.7 Å². The fourth-order valence-electron chi connectivity index (χ4n) is 3.71. The Morgan fingerprint density at radius 1 is 1.03 bits per heavy atom. The molecule has 0 fully saturated rings. The summed E-state index contributed by atoms with van der Waals surface area (Å²) in [6.45, 7) is 0.288. The van der Waals surface area contributed by atoms with Crippen LogP contribution >= 0.6 is 0 Å². The van der Waals surface area contributed by atoms with E-state index < -0.39 is 17.3 Å². The summed E-state index contributed by atoms with van der Waals surface area (Å²) in [4.78, 5) is 21.4. The van der Waals surface area contributed by atoms with Crippen LogP contribution in [-0.4, -0.2) is 26.3 Å². The summed E-state index contributed by atoms with van der Waals surface area (Å²) in [6.07, 6.45) is -2.79. The molecule has 146 valence electrons. The molecular weight excluding hydrogens is 383 g/mol. The zero-order valence-corrected chi connectivity index (χ0v) is 14.9. The smallest absolute Gasteiger partial charge is 0.311 e. The zero-order chi connectivity index (χ0) is 20.2. The van der Waals surface area contributed by atoms with Gasteiger partial charge in [0.05, 0.1) is 17.4 Å². The second kappa shape index (κ2) is 6.20. The number of H-pyrrole nitrogens is 1. The van der Waals surface area contributed by atoms with Crippen LogP contribution in [0.5, 0.6) is 0 Å². The highest BCUT2D eigenvalue weighted by atomic mass is 19.4. The summed E-state index contributed by atoms with van der Waals surface area (Å²) in [6, 6.07) is 13.2. The van der Waals surface area contributed by atoms with Crippen molar-refractivity contribution in [3.05, 3.63) is 76.2 Å². The number of hydrogen-bond donors (Lipinski definition) is 1. The van der Waals surface area contributed by atoms with Crippen molar-refractivity contribution in [2.24, 2.45) is 0 Å². The van der Waals surface area contributed by atoms with E-state index in [0.29, 0.717) is 16.7 Å². The lowest BCUT2D eigenvalue weighted by atomic mass is 10.0. The molecule has 1 aliphatic heterocycles. The summed E-state index contributed by atoms with van der Waals surface area (Å²) in [5.74, 6) is 0.193. The van der Waals surface area contributed by atoms with Crippen molar-refractivity contribution in [2.45, 2.75) is 12.6 Å². The quantitative estimate of drug-likeness (QED) is 0.558. The van der Waals surface area contributed by atoms with E-state index in [0.717, 1.165) is 11.8 Å². The van der Waals surface area contributed by atoms with E-state index in [1.807, 2.05) is 30.3 Å². The number of nitrogens with one attached hydrogen (secondary N) is 1. The predicted octanol–water partition coefficient (Wildman–Crippen LogP) is 3.82. The first-order chi connectivity index (χ1) is 13.9. The predicted molar refractivity (Wildman–Crippen MR) is 102 cm³/mol. The Labute approximate surface area is 162 Å². The molecule has 0 unspecified atom stereocenters. The Hall–Kier alpha value is -3.62. The normalized spacial score (nSPS) is 13.8. The highest BCUT2D eigenvalue weighted by Crippen LogP contribution is 2.41. The molecule has 2 aromatic carbocycles. The average molecular weight is 397 g/mol. The number of aromatic nitrogens is 4. The van der Waals surface area contributed by atoms with E-state index in [2.05, 4.69) is 15.1 Å². The summed E-state index contributed by atoms with van der Waals surface area (Å²) in [5.41, 5.74) is 0.623. The Kier molecular flexibility index (Phi) is 3.73. The molecule has 0 atom stereocenters. The van der Waals surface area contributed by atoms with Crippen LogP contribution in [0.4, 0.5) is 24.8 Å². The lowest BCUT2D eigenvalue weighted by Gasteiger charge is -2.19. The van der Waals surface area contributed by atoms with Crippen molar-refractivity contribution in [2.75, 3.05) is 11.4 Å². The summed E-state index contributed by atoms with van der Waals surface area (Å²) in [5, 5.41) is 4.56.